The summed E-state index contributed by atoms with van der Waals surface area (Å²) in [4.78, 5) is 15.5. The molecule has 2 aromatic rings. The minimum atomic E-state index is -0.473. The van der Waals surface area contributed by atoms with Crippen LogP contribution in [0.3, 0.4) is 0 Å². The second-order valence-corrected chi connectivity index (χ2v) is 5.55. The van der Waals surface area contributed by atoms with Gasteiger partial charge >= 0.3 is 5.97 Å². The van der Waals surface area contributed by atoms with Crippen LogP contribution in [0.1, 0.15) is 10.4 Å². The Bertz CT molecular complexity index is 540. The zero-order valence-electron chi connectivity index (χ0n) is 7.58. The highest BCUT2D eigenvalue weighted by molar-refractivity contribution is 9.11. The molecule has 0 atom stereocenters. The normalized spacial score (nSPS) is 10.6. The molecule has 6 heteroatoms. The zero-order chi connectivity index (χ0) is 11.0. The number of pyridine rings is 1. The third-order valence-electron chi connectivity index (χ3n) is 1.86. The molecule has 2 rings (SSSR count). The van der Waals surface area contributed by atoms with Gasteiger partial charge in [-0.3, -0.25) is 4.98 Å². The molecule has 0 aromatic carbocycles. The molecule has 0 saturated heterocycles. The van der Waals surface area contributed by atoms with E-state index >= 15 is 0 Å². The van der Waals surface area contributed by atoms with Crippen LogP contribution in [-0.2, 0) is 4.74 Å². The topological polar surface area (TPSA) is 39.2 Å². The van der Waals surface area contributed by atoms with E-state index in [9.17, 15) is 4.79 Å². The fourth-order valence-corrected chi connectivity index (χ4v) is 2.99. The minimum Gasteiger partial charge on any atom is -0.465 e. The van der Waals surface area contributed by atoms with Gasteiger partial charge in [-0.25, -0.2) is 4.79 Å². The molecule has 0 aliphatic rings. The molecule has 2 aromatic heterocycles. The van der Waals surface area contributed by atoms with Crippen LogP contribution in [0, 0.1) is 0 Å². The van der Waals surface area contributed by atoms with E-state index in [0.717, 1.165) is 14.0 Å². The first-order chi connectivity index (χ1) is 7.13. The van der Waals surface area contributed by atoms with Crippen molar-refractivity contribution in [3.05, 3.63) is 26.6 Å². The first kappa shape index (κ1) is 10.9. The molecular formula is C9H5BrClNO2S. The van der Waals surface area contributed by atoms with E-state index in [1.165, 1.54) is 24.6 Å². The SMILES string of the molecule is COC(=O)c1cnc2cc(Br)sc2c1Cl. The molecule has 0 spiro atoms. The molecule has 0 unspecified atom stereocenters. The van der Waals surface area contributed by atoms with E-state index < -0.39 is 5.97 Å². The largest absolute Gasteiger partial charge is 0.465 e. The monoisotopic (exact) mass is 305 g/mol. The van der Waals surface area contributed by atoms with Gasteiger partial charge < -0.3 is 4.74 Å². The average Bonchev–Trinajstić information content (AvgIpc) is 2.59. The van der Waals surface area contributed by atoms with E-state index in [2.05, 4.69) is 25.7 Å². The summed E-state index contributed by atoms with van der Waals surface area (Å²) in [6.07, 6.45) is 1.43. The van der Waals surface area contributed by atoms with Crippen LogP contribution < -0.4 is 0 Å². The summed E-state index contributed by atoms with van der Waals surface area (Å²) < 4.78 is 6.31. The van der Waals surface area contributed by atoms with E-state index in [4.69, 9.17) is 11.6 Å². The van der Waals surface area contributed by atoms with Gasteiger partial charge in [-0.05, 0) is 22.0 Å². The number of methoxy groups -OCH3 is 1. The predicted molar refractivity (Wildman–Crippen MR) is 63.7 cm³/mol. The molecule has 0 bridgehead atoms. The Kier molecular flexibility index (Phi) is 2.95. The number of esters is 1. The van der Waals surface area contributed by atoms with Crippen molar-refractivity contribution in [2.45, 2.75) is 0 Å². The number of halogens is 2. The number of ether oxygens (including phenoxy) is 1. The number of carbonyl (C=O) groups is 1. The van der Waals surface area contributed by atoms with Gasteiger partial charge in [0.15, 0.2) is 0 Å². The lowest BCUT2D eigenvalue weighted by atomic mass is 10.2. The number of hydrogen-bond acceptors (Lipinski definition) is 4. The Morgan fingerprint density at radius 3 is 3.07 bits per heavy atom. The number of nitrogens with zero attached hydrogens (tertiary/aromatic N) is 1. The number of aromatic nitrogens is 1. The van der Waals surface area contributed by atoms with Crippen molar-refractivity contribution in [3.63, 3.8) is 0 Å². The van der Waals surface area contributed by atoms with Crippen LogP contribution in [-0.4, -0.2) is 18.1 Å². The molecule has 15 heavy (non-hydrogen) atoms. The Morgan fingerprint density at radius 1 is 1.67 bits per heavy atom. The summed E-state index contributed by atoms with van der Waals surface area (Å²) in [6.45, 7) is 0. The van der Waals surface area contributed by atoms with E-state index in [0.29, 0.717) is 10.6 Å². The highest BCUT2D eigenvalue weighted by atomic mass is 79.9. The molecule has 2 heterocycles. The van der Waals surface area contributed by atoms with Crippen molar-refractivity contribution >= 4 is 55.1 Å². The van der Waals surface area contributed by atoms with E-state index in [1.54, 1.807) is 0 Å². The van der Waals surface area contributed by atoms with Crippen LogP contribution in [0.5, 0.6) is 0 Å². The molecule has 0 fully saturated rings. The Hall–Kier alpha value is -0.650. The van der Waals surface area contributed by atoms with Crippen molar-refractivity contribution < 1.29 is 9.53 Å². The van der Waals surface area contributed by atoms with Gasteiger partial charge in [0.2, 0.25) is 0 Å². The van der Waals surface area contributed by atoms with Gasteiger partial charge in [-0.15, -0.1) is 11.3 Å². The second-order valence-electron chi connectivity index (χ2n) is 2.74. The number of carbonyl (C=O) groups excluding carboxylic acids is 1. The molecule has 0 aliphatic heterocycles. The van der Waals surface area contributed by atoms with Gasteiger partial charge in [0.1, 0.15) is 0 Å². The van der Waals surface area contributed by atoms with Gasteiger partial charge in [0, 0.05) is 6.20 Å². The standard InChI is InChI=1S/C9H5BrClNO2S/c1-14-9(13)4-3-12-5-2-6(10)15-8(5)7(4)11/h2-3H,1H3. The maximum absolute atomic E-state index is 11.3. The van der Waals surface area contributed by atoms with Crippen molar-refractivity contribution in [1.29, 1.82) is 0 Å². The molecular weight excluding hydrogens is 302 g/mol. The minimum absolute atomic E-state index is 0.293. The maximum atomic E-state index is 11.3. The molecule has 0 radical (unpaired) electrons. The summed E-state index contributed by atoms with van der Waals surface area (Å²) in [5, 5.41) is 0.391. The van der Waals surface area contributed by atoms with Crippen molar-refractivity contribution in [2.24, 2.45) is 0 Å². The smallest absolute Gasteiger partial charge is 0.341 e. The van der Waals surface area contributed by atoms with Crippen LogP contribution in [0.4, 0.5) is 0 Å². The first-order valence-electron chi connectivity index (χ1n) is 3.95. The van der Waals surface area contributed by atoms with Crippen LogP contribution in [0.2, 0.25) is 5.02 Å². The lowest BCUT2D eigenvalue weighted by molar-refractivity contribution is 0.0600. The Labute approximate surface area is 103 Å². The van der Waals surface area contributed by atoms with E-state index in [-0.39, 0.29) is 0 Å². The van der Waals surface area contributed by atoms with E-state index in [1.807, 2.05) is 6.07 Å². The van der Waals surface area contributed by atoms with Crippen LogP contribution >= 0.6 is 38.9 Å². The fourth-order valence-electron chi connectivity index (χ4n) is 1.17. The van der Waals surface area contributed by atoms with Gasteiger partial charge in [0.05, 0.1) is 31.7 Å². The predicted octanol–water partition coefficient (Wildman–Crippen LogP) is 3.50. The maximum Gasteiger partial charge on any atom is 0.341 e. The summed E-state index contributed by atoms with van der Waals surface area (Å²) in [5.74, 6) is -0.473. The fraction of sp³-hybridized carbons (Fsp3) is 0.111. The summed E-state index contributed by atoms with van der Waals surface area (Å²) in [6, 6.07) is 1.85. The Morgan fingerprint density at radius 2 is 2.40 bits per heavy atom. The number of fused-ring (bicyclic) bond motifs is 1. The third kappa shape index (κ3) is 1.87. The van der Waals surface area contributed by atoms with Crippen molar-refractivity contribution in [1.82, 2.24) is 4.98 Å². The summed E-state index contributed by atoms with van der Waals surface area (Å²) in [7, 11) is 1.31. The number of hydrogen-bond donors (Lipinski definition) is 0. The second kappa shape index (κ2) is 4.08. The van der Waals surface area contributed by atoms with Gasteiger partial charge in [-0.1, -0.05) is 11.6 Å². The summed E-state index contributed by atoms with van der Waals surface area (Å²) >= 11 is 10.9. The lowest BCUT2D eigenvalue weighted by Crippen LogP contribution is -2.02. The van der Waals surface area contributed by atoms with Gasteiger partial charge in [0.25, 0.3) is 0 Å². The quantitative estimate of drug-likeness (QED) is 0.757. The highest BCUT2D eigenvalue weighted by Gasteiger charge is 2.15. The van der Waals surface area contributed by atoms with Crippen molar-refractivity contribution in [3.8, 4) is 0 Å². The van der Waals surface area contributed by atoms with Crippen LogP contribution in [0.25, 0.3) is 10.2 Å². The zero-order valence-corrected chi connectivity index (χ0v) is 10.7. The molecule has 0 saturated carbocycles. The van der Waals surface area contributed by atoms with Crippen molar-refractivity contribution in [2.75, 3.05) is 7.11 Å². The third-order valence-corrected chi connectivity index (χ3v) is 4.01. The van der Waals surface area contributed by atoms with Gasteiger partial charge in [-0.2, -0.15) is 0 Å². The molecule has 0 N–H and O–H groups in total. The summed E-state index contributed by atoms with van der Waals surface area (Å²) in [5.41, 5.74) is 1.06. The average molecular weight is 307 g/mol. The lowest BCUT2D eigenvalue weighted by Gasteiger charge is -2.01. The highest BCUT2D eigenvalue weighted by Crippen LogP contribution is 2.35. The molecule has 0 aliphatic carbocycles. The molecule has 3 nitrogen and oxygen atoms in total. The molecule has 0 amide bonds. The number of rotatable bonds is 1. The first-order valence-corrected chi connectivity index (χ1v) is 5.94. The number of thiophene rings is 1. The Balaban J connectivity index is 2.69. The van der Waals surface area contributed by atoms with Crippen LogP contribution in [0.15, 0.2) is 16.0 Å². The molecule has 78 valence electrons.